The van der Waals surface area contributed by atoms with Crippen LogP contribution in [0.1, 0.15) is 19.3 Å². The van der Waals surface area contributed by atoms with Crippen LogP contribution in [0.25, 0.3) is 10.9 Å². The van der Waals surface area contributed by atoms with E-state index in [4.69, 9.17) is 16.3 Å². The summed E-state index contributed by atoms with van der Waals surface area (Å²) in [6, 6.07) is 5.34. The van der Waals surface area contributed by atoms with E-state index in [2.05, 4.69) is 4.98 Å². The van der Waals surface area contributed by atoms with Crippen molar-refractivity contribution in [3.63, 3.8) is 0 Å². The molecule has 0 spiro atoms. The minimum absolute atomic E-state index is 0.0525. The summed E-state index contributed by atoms with van der Waals surface area (Å²) in [6.07, 6.45) is 4.81. The lowest BCUT2D eigenvalue weighted by molar-refractivity contribution is 0.183. The molecule has 3 rings (SSSR count). The Morgan fingerprint density at radius 1 is 1.45 bits per heavy atom. The maximum atomic E-state index is 12.4. The van der Waals surface area contributed by atoms with Crippen LogP contribution in [0.15, 0.2) is 29.3 Å². The van der Waals surface area contributed by atoms with Crippen molar-refractivity contribution in [2.75, 3.05) is 13.2 Å². The van der Waals surface area contributed by atoms with Crippen molar-refractivity contribution >= 4 is 22.5 Å². The van der Waals surface area contributed by atoms with Gasteiger partial charge in [0.2, 0.25) is 0 Å². The topological polar surface area (TPSA) is 44.1 Å². The number of aryl methyl sites for hydroxylation is 1. The van der Waals surface area contributed by atoms with E-state index in [0.717, 1.165) is 32.5 Å². The van der Waals surface area contributed by atoms with E-state index in [1.54, 1.807) is 17.0 Å². The van der Waals surface area contributed by atoms with Gasteiger partial charge in [-0.1, -0.05) is 17.7 Å². The van der Waals surface area contributed by atoms with Gasteiger partial charge in [-0.2, -0.15) is 0 Å². The standard InChI is InChI=1S/C15H17ClN2O2/c16-12-4-1-5-13-14(12)15(19)18(10-17-13)7-2-3-11-6-8-20-9-11/h1,4-5,10-11H,2-3,6-9H2. The van der Waals surface area contributed by atoms with Crippen molar-refractivity contribution in [3.8, 4) is 0 Å². The Morgan fingerprint density at radius 2 is 2.35 bits per heavy atom. The number of halogens is 1. The van der Waals surface area contributed by atoms with Crippen molar-refractivity contribution in [2.45, 2.75) is 25.8 Å². The smallest absolute Gasteiger partial charge is 0.262 e. The molecule has 106 valence electrons. The highest BCUT2D eigenvalue weighted by Gasteiger charge is 2.15. The van der Waals surface area contributed by atoms with E-state index in [1.807, 2.05) is 12.1 Å². The summed E-state index contributed by atoms with van der Waals surface area (Å²) >= 11 is 6.10. The zero-order valence-electron chi connectivity index (χ0n) is 11.2. The van der Waals surface area contributed by atoms with Crippen LogP contribution in [0, 0.1) is 5.92 Å². The van der Waals surface area contributed by atoms with Crippen molar-refractivity contribution in [1.29, 1.82) is 0 Å². The molecule has 5 heteroatoms. The van der Waals surface area contributed by atoms with Crippen molar-refractivity contribution in [3.05, 3.63) is 39.9 Å². The molecule has 1 aliphatic rings. The van der Waals surface area contributed by atoms with Gasteiger partial charge in [-0.25, -0.2) is 4.98 Å². The lowest BCUT2D eigenvalue weighted by Gasteiger charge is -2.09. The summed E-state index contributed by atoms with van der Waals surface area (Å²) in [4.78, 5) is 16.7. The molecule has 0 bridgehead atoms. The fourth-order valence-electron chi connectivity index (χ4n) is 2.68. The Bertz CT molecular complexity index is 662. The molecule has 1 unspecified atom stereocenters. The Balaban J connectivity index is 1.76. The number of hydrogen-bond donors (Lipinski definition) is 0. The largest absolute Gasteiger partial charge is 0.381 e. The summed E-state index contributed by atoms with van der Waals surface area (Å²) in [5, 5.41) is 0.986. The molecule has 2 aromatic rings. The van der Waals surface area contributed by atoms with E-state index in [-0.39, 0.29) is 5.56 Å². The SMILES string of the molecule is O=c1c2c(Cl)cccc2ncn1CCCC1CCOC1. The van der Waals surface area contributed by atoms with Crippen molar-refractivity contribution < 1.29 is 4.74 Å². The van der Waals surface area contributed by atoms with Gasteiger partial charge in [0.1, 0.15) is 0 Å². The third-order valence-electron chi connectivity index (χ3n) is 3.84. The molecule has 2 heterocycles. The van der Waals surface area contributed by atoms with E-state index < -0.39 is 0 Å². The van der Waals surface area contributed by atoms with Crippen LogP contribution < -0.4 is 5.56 Å². The molecule has 0 radical (unpaired) electrons. The number of hydrogen-bond acceptors (Lipinski definition) is 3. The quantitative estimate of drug-likeness (QED) is 0.870. The third-order valence-corrected chi connectivity index (χ3v) is 4.15. The number of nitrogens with zero attached hydrogens (tertiary/aromatic N) is 2. The zero-order chi connectivity index (χ0) is 13.9. The Kier molecular flexibility index (Phi) is 4.03. The van der Waals surface area contributed by atoms with Gasteiger partial charge in [0.05, 0.1) is 22.3 Å². The van der Waals surface area contributed by atoms with E-state index >= 15 is 0 Å². The van der Waals surface area contributed by atoms with Crippen LogP contribution in [0.2, 0.25) is 5.02 Å². The Labute approximate surface area is 122 Å². The van der Waals surface area contributed by atoms with Gasteiger partial charge >= 0.3 is 0 Å². The molecule has 0 amide bonds. The van der Waals surface area contributed by atoms with Gasteiger partial charge in [0, 0.05) is 19.8 Å². The fraction of sp³-hybridized carbons (Fsp3) is 0.467. The molecule has 1 saturated heterocycles. The maximum Gasteiger partial charge on any atom is 0.262 e. The average Bonchev–Trinajstić information content (AvgIpc) is 2.95. The van der Waals surface area contributed by atoms with Crippen LogP contribution in [0.4, 0.5) is 0 Å². The predicted octanol–water partition coefficient (Wildman–Crippen LogP) is 2.87. The lowest BCUT2D eigenvalue weighted by Crippen LogP contribution is -2.21. The zero-order valence-corrected chi connectivity index (χ0v) is 12.0. The second-order valence-corrected chi connectivity index (χ2v) is 5.66. The van der Waals surface area contributed by atoms with Crippen molar-refractivity contribution in [2.24, 2.45) is 5.92 Å². The minimum Gasteiger partial charge on any atom is -0.381 e. The highest BCUT2D eigenvalue weighted by Crippen LogP contribution is 2.19. The highest BCUT2D eigenvalue weighted by atomic mass is 35.5. The molecule has 1 aliphatic heterocycles. The predicted molar refractivity (Wildman–Crippen MR) is 79.2 cm³/mol. The van der Waals surface area contributed by atoms with Gasteiger partial charge in [-0.05, 0) is 37.3 Å². The van der Waals surface area contributed by atoms with Gasteiger partial charge < -0.3 is 4.74 Å². The second kappa shape index (κ2) is 5.94. The van der Waals surface area contributed by atoms with Gasteiger partial charge in [0.15, 0.2) is 0 Å². The van der Waals surface area contributed by atoms with E-state index in [1.165, 1.54) is 0 Å². The molecule has 4 nitrogen and oxygen atoms in total. The summed E-state index contributed by atoms with van der Waals surface area (Å²) in [5.74, 6) is 0.641. The van der Waals surface area contributed by atoms with E-state index in [0.29, 0.717) is 28.4 Å². The summed E-state index contributed by atoms with van der Waals surface area (Å²) in [5.41, 5.74) is 0.603. The molecular weight excluding hydrogens is 276 g/mol. The van der Waals surface area contributed by atoms with Crippen LogP contribution in [0.3, 0.4) is 0 Å². The number of fused-ring (bicyclic) bond motifs is 1. The van der Waals surface area contributed by atoms with Gasteiger partial charge in [0.25, 0.3) is 5.56 Å². The third kappa shape index (κ3) is 2.72. The maximum absolute atomic E-state index is 12.4. The lowest BCUT2D eigenvalue weighted by atomic mass is 10.0. The monoisotopic (exact) mass is 292 g/mol. The number of rotatable bonds is 4. The van der Waals surface area contributed by atoms with Crippen molar-refractivity contribution in [1.82, 2.24) is 9.55 Å². The first-order valence-electron chi connectivity index (χ1n) is 6.97. The van der Waals surface area contributed by atoms with Crippen LogP contribution in [-0.2, 0) is 11.3 Å². The first-order valence-corrected chi connectivity index (χ1v) is 7.35. The molecule has 1 fully saturated rings. The summed E-state index contributed by atoms with van der Waals surface area (Å²) in [7, 11) is 0. The normalized spacial score (nSPS) is 18.8. The molecule has 0 aliphatic carbocycles. The average molecular weight is 293 g/mol. The highest BCUT2D eigenvalue weighted by molar-refractivity contribution is 6.35. The first-order chi connectivity index (χ1) is 9.75. The van der Waals surface area contributed by atoms with E-state index in [9.17, 15) is 4.79 Å². The molecule has 1 aromatic heterocycles. The van der Waals surface area contributed by atoms with Gasteiger partial charge in [-0.3, -0.25) is 9.36 Å². The number of benzene rings is 1. The van der Waals surface area contributed by atoms with Gasteiger partial charge in [-0.15, -0.1) is 0 Å². The van der Waals surface area contributed by atoms with Crippen LogP contribution in [0.5, 0.6) is 0 Å². The molecule has 0 saturated carbocycles. The fourth-order valence-corrected chi connectivity index (χ4v) is 2.93. The Hall–Kier alpha value is -1.39. The first kappa shape index (κ1) is 13.6. The molecule has 0 N–H and O–H groups in total. The Morgan fingerprint density at radius 3 is 3.15 bits per heavy atom. The van der Waals surface area contributed by atoms with Crippen LogP contribution in [-0.4, -0.2) is 22.8 Å². The molecule has 1 atom stereocenters. The summed E-state index contributed by atoms with van der Waals surface area (Å²) in [6.45, 7) is 2.41. The molecular formula is C15H17ClN2O2. The number of aromatic nitrogens is 2. The summed E-state index contributed by atoms with van der Waals surface area (Å²) < 4.78 is 7.02. The second-order valence-electron chi connectivity index (χ2n) is 5.25. The minimum atomic E-state index is -0.0525. The van der Waals surface area contributed by atoms with Crippen LogP contribution >= 0.6 is 11.6 Å². The molecule has 20 heavy (non-hydrogen) atoms. The number of ether oxygens (including phenoxy) is 1. The molecule has 1 aromatic carbocycles.